The number of piperazine rings is 1. The molecule has 0 unspecified atom stereocenters. The van der Waals surface area contributed by atoms with Crippen LogP contribution in [0, 0.1) is 5.82 Å². The molecule has 6 nitrogen and oxygen atoms in total. The molecule has 1 fully saturated rings. The summed E-state index contributed by atoms with van der Waals surface area (Å²) in [4.78, 5) is 18.0. The molecule has 8 heteroatoms. The van der Waals surface area contributed by atoms with Crippen LogP contribution in [0.1, 0.15) is 12.5 Å². The van der Waals surface area contributed by atoms with Gasteiger partial charge < -0.3 is 10.2 Å². The largest absolute Gasteiger partial charge is 0.322 e. The van der Waals surface area contributed by atoms with Crippen LogP contribution >= 0.6 is 11.6 Å². The molecule has 0 amide bonds. The fourth-order valence-corrected chi connectivity index (χ4v) is 4.41. The number of pyridine rings is 1. The van der Waals surface area contributed by atoms with E-state index in [1.807, 2.05) is 66.9 Å². The summed E-state index contributed by atoms with van der Waals surface area (Å²) >= 11 is 5.99. The van der Waals surface area contributed by atoms with E-state index in [4.69, 9.17) is 11.6 Å². The van der Waals surface area contributed by atoms with Crippen molar-refractivity contribution >= 4 is 23.2 Å². The van der Waals surface area contributed by atoms with Crippen molar-refractivity contribution in [3.05, 3.63) is 89.5 Å². The summed E-state index contributed by atoms with van der Waals surface area (Å²) in [5.74, 6) is 0.537. The molecule has 1 N–H and O–H groups in total. The first-order valence-corrected chi connectivity index (χ1v) is 12.5. The quantitative estimate of drug-likeness (QED) is 0.340. The predicted octanol–water partition coefficient (Wildman–Crippen LogP) is 5.88. The van der Waals surface area contributed by atoms with Crippen molar-refractivity contribution < 1.29 is 4.39 Å². The Morgan fingerprint density at radius 2 is 1.44 bits per heavy atom. The molecule has 0 saturated carbocycles. The molecule has 36 heavy (non-hydrogen) atoms. The number of hydrogen-bond donors (Lipinski definition) is 1. The van der Waals surface area contributed by atoms with Crippen molar-refractivity contribution in [1.82, 2.24) is 24.8 Å². The zero-order chi connectivity index (χ0) is 24.9. The minimum atomic E-state index is -0.531. The van der Waals surface area contributed by atoms with Gasteiger partial charge in [-0.2, -0.15) is 0 Å². The third kappa shape index (κ3) is 5.87. The summed E-state index contributed by atoms with van der Waals surface area (Å²) in [6.07, 6.45) is 3.02. The second-order valence-corrected chi connectivity index (χ2v) is 9.30. The Kier molecular flexibility index (Phi) is 7.51. The second kappa shape index (κ2) is 11.1. The Balaban J connectivity index is 1.25. The van der Waals surface area contributed by atoms with E-state index in [0.29, 0.717) is 16.7 Å². The highest BCUT2D eigenvalue weighted by Gasteiger charge is 2.16. The summed E-state index contributed by atoms with van der Waals surface area (Å²) in [7, 11) is 0. The molecule has 3 heterocycles. The van der Waals surface area contributed by atoms with Gasteiger partial charge in [0.1, 0.15) is 5.82 Å². The molecule has 0 spiro atoms. The van der Waals surface area contributed by atoms with E-state index in [-0.39, 0.29) is 5.82 Å². The van der Waals surface area contributed by atoms with Crippen molar-refractivity contribution in [3.8, 4) is 22.5 Å². The monoisotopic (exact) mass is 502 g/mol. The van der Waals surface area contributed by atoms with Gasteiger partial charge in [0.25, 0.3) is 0 Å². The lowest BCUT2D eigenvalue weighted by atomic mass is 10.0. The van der Waals surface area contributed by atoms with Gasteiger partial charge in [-0.25, -0.2) is 19.3 Å². The minimum Gasteiger partial charge on any atom is -0.322 e. The number of nitrogens with one attached hydrogen (secondary N) is 1. The molecule has 1 aliphatic heterocycles. The number of aromatic nitrogens is 3. The molecular formula is C28H28ClFN6. The summed E-state index contributed by atoms with van der Waals surface area (Å²) in [6, 6.07) is 19.4. The van der Waals surface area contributed by atoms with E-state index in [1.165, 1.54) is 6.20 Å². The lowest BCUT2D eigenvalue weighted by Gasteiger charge is -2.33. The van der Waals surface area contributed by atoms with Crippen LogP contribution in [-0.4, -0.2) is 57.5 Å². The van der Waals surface area contributed by atoms with E-state index in [0.717, 1.165) is 61.5 Å². The molecular weight excluding hydrogens is 475 g/mol. The van der Waals surface area contributed by atoms with Crippen LogP contribution in [0.25, 0.3) is 22.5 Å². The summed E-state index contributed by atoms with van der Waals surface area (Å²) in [5, 5.41) is 3.70. The first-order chi connectivity index (χ1) is 17.6. The molecule has 0 radical (unpaired) electrons. The van der Waals surface area contributed by atoms with Crippen molar-refractivity contribution in [3.63, 3.8) is 0 Å². The van der Waals surface area contributed by atoms with E-state index in [9.17, 15) is 4.39 Å². The van der Waals surface area contributed by atoms with Gasteiger partial charge >= 0.3 is 0 Å². The van der Waals surface area contributed by atoms with Crippen LogP contribution in [0.5, 0.6) is 0 Å². The van der Waals surface area contributed by atoms with E-state index < -0.39 is 5.82 Å². The highest BCUT2D eigenvalue weighted by Crippen LogP contribution is 2.26. The molecule has 2 aromatic carbocycles. The molecule has 0 aliphatic carbocycles. The van der Waals surface area contributed by atoms with Crippen molar-refractivity contribution in [2.75, 3.05) is 38.0 Å². The smallest absolute Gasteiger partial charge is 0.184 e. The van der Waals surface area contributed by atoms with Crippen LogP contribution in [0.15, 0.2) is 73.1 Å². The van der Waals surface area contributed by atoms with E-state index >= 15 is 0 Å². The molecule has 0 atom stereocenters. The van der Waals surface area contributed by atoms with Gasteiger partial charge in [-0.3, -0.25) is 4.90 Å². The zero-order valence-electron chi connectivity index (χ0n) is 20.2. The van der Waals surface area contributed by atoms with Gasteiger partial charge in [-0.05, 0) is 41.4 Å². The van der Waals surface area contributed by atoms with Gasteiger partial charge in [0, 0.05) is 49.5 Å². The van der Waals surface area contributed by atoms with Crippen molar-refractivity contribution in [1.29, 1.82) is 0 Å². The fourth-order valence-electron chi connectivity index (χ4n) is 4.28. The molecule has 4 aromatic rings. The van der Waals surface area contributed by atoms with Crippen LogP contribution in [0.3, 0.4) is 0 Å². The number of nitrogens with zero attached hydrogens (tertiary/aromatic N) is 5. The number of rotatable bonds is 7. The van der Waals surface area contributed by atoms with Crippen LogP contribution < -0.4 is 5.32 Å². The lowest BCUT2D eigenvalue weighted by Crippen LogP contribution is -2.45. The normalized spacial score (nSPS) is 14.6. The van der Waals surface area contributed by atoms with Gasteiger partial charge in [0.05, 0.1) is 6.20 Å². The highest BCUT2D eigenvalue weighted by atomic mass is 35.5. The molecule has 2 aromatic heterocycles. The number of hydrogen-bond acceptors (Lipinski definition) is 6. The van der Waals surface area contributed by atoms with E-state index in [2.05, 4.69) is 37.0 Å². The van der Waals surface area contributed by atoms with Crippen LogP contribution in [0.4, 0.5) is 16.0 Å². The Morgan fingerprint density at radius 3 is 2.08 bits per heavy atom. The number of likely N-dealkylation sites (N-methyl/N-ethyl adjacent to an activating group) is 1. The second-order valence-electron chi connectivity index (χ2n) is 8.86. The molecule has 0 bridgehead atoms. The standard InChI is InChI=1S/C28H28ClFN6/c1-2-35-13-15-36(16-14-35)19-20-3-12-26(31-17-20)33-28-25(30)18-32-27(34-28)23-6-4-21(5-7-23)22-8-10-24(29)11-9-22/h3-12,17-18H,2,13-16,19H2,1H3,(H,31,32,33,34). The molecule has 1 aliphatic rings. The highest BCUT2D eigenvalue weighted by molar-refractivity contribution is 6.30. The Labute approximate surface area is 215 Å². The van der Waals surface area contributed by atoms with Gasteiger partial charge in [-0.15, -0.1) is 0 Å². The first kappa shape index (κ1) is 24.3. The number of anilines is 2. The molecule has 5 rings (SSSR count). The molecule has 1 saturated heterocycles. The maximum Gasteiger partial charge on any atom is 0.184 e. The van der Waals surface area contributed by atoms with Gasteiger partial charge in [0.15, 0.2) is 17.5 Å². The van der Waals surface area contributed by atoms with Crippen LogP contribution in [-0.2, 0) is 6.54 Å². The van der Waals surface area contributed by atoms with Gasteiger partial charge in [0.2, 0.25) is 0 Å². The van der Waals surface area contributed by atoms with Crippen LogP contribution in [0.2, 0.25) is 5.02 Å². The average molecular weight is 503 g/mol. The van der Waals surface area contributed by atoms with Crippen molar-refractivity contribution in [2.45, 2.75) is 13.5 Å². The first-order valence-electron chi connectivity index (χ1n) is 12.1. The summed E-state index contributed by atoms with van der Waals surface area (Å²) in [5.41, 5.74) is 4.04. The minimum absolute atomic E-state index is 0.0951. The number of halogens is 2. The summed E-state index contributed by atoms with van der Waals surface area (Å²) in [6.45, 7) is 8.49. The lowest BCUT2D eigenvalue weighted by molar-refractivity contribution is 0.132. The Hall–Kier alpha value is -3.39. The third-order valence-corrected chi connectivity index (χ3v) is 6.71. The maximum absolute atomic E-state index is 14.5. The van der Waals surface area contributed by atoms with E-state index in [1.54, 1.807) is 0 Å². The topological polar surface area (TPSA) is 57.2 Å². The third-order valence-electron chi connectivity index (χ3n) is 6.45. The Morgan fingerprint density at radius 1 is 0.806 bits per heavy atom. The fraction of sp³-hybridized carbons (Fsp3) is 0.250. The van der Waals surface area contributed by atoms with Gasteiger partial charge in [-0.1, -0.05) is 61.0 Å². The maximum atomic E-state index is 14.5. The average Bonchev–Trinajstić information content (AvgIpc) is 2.92. The number of benzene rings is 2. The predicted molar refractivity (Wildman–Crippen MR) is 143 cm³/mol. The zero-order valence-corrected chi connectivity index (χ0v) is 20.9. The van der Waals surface area contributed by atoms with Crippen molar-refractivity contribution in [2.24, 2.45) is 0 Å². The SMILES string of the molecule is CCN1CCN(Cc2ccc(Nc3nc(-c4ccc(-c5ccc(Cl)cc5)cc4)ncc3F)nc2)CC1. The molecule has 184 valence electrons. The summed E-state index contributed by atoms with van der Waals surface area (Å²) < 4.78 is 14.5. The Bertz CT molecular complexity index is 1290.